The molecule has 0 saturated carbocycles. The summed E-state index contributed by atoms with van der Waals surface area (Å²) in [5.74, 6) is 0.179. The van der Waals surface area contributed by atoms with Gasteiger partial charge in [0.1, 0.15) is 0 Å². The molecule has 2 heterocycles. The van der Waals surface area contributed by atoms with Gasteiger partial charge in [0.05, 0.1) is 4.90 Å². The largest absolute Gasteiger partial charge is 0.352 e. The van der Waals surface area contributed by atoms with E-state index in [1.165, 1.54) is 23.5 Å². The lowest BCUT2D eigenvalue weighted by atomic mass is 10.00. The predicted molar refractivity (Wildman–Crippen MR) is 103 cm³/mol. The lowest BCUT2D eigenvalue weighted by Crippen LogP contribution is -2.38. The van der Waals surface area contributed by atoms with Crippen LogP contribution in [0.25, 0.3) is 0 Å². The third-order valence-electron chi connectivity index (χ3n) is 4.37. The van der Waals surface area contributed by atoms with Crippen LogP contribution in [0.4, 0.5) is 0 Å². The van der Waals surface area contributed by atoms with Gasteiger partial charge in [-0.1, -0.05) is 12.1 Å². The van der Waals surface area contributed by atoms with Crippen molar-refractivity contribution in [2.45, 2.75) is 24.3 Å². The molecular weight excluding hydrogens is 370 g/mol. The van der Waals surface area contributed by atoms with Crippen molar-refractivity contribution in [2.24, 2.45) is 5.92 Å². The van der Waals surface area contributed by atoms with Gasteiger partial charge in [-0.05, 0) is 61.5 Å². The second kappa shape index (κ2) is 8.77. The molecule has 1 amide bonds. The summed E-state index contributed by atoms with van der Waals surface area (Å²) in [6.45, 7) is 2.77. The molecule has 0 spiro atoms. The maximum atomic E-state index is 12.5. The first kappa shape index (κ1) is 19.0. The van der Waals surface area contributed by atoms with E-state index in [2.05, 4.69) is 15.4 Å². The number of hydrogen-bond donors (Lipinski definition) is 3. The standard InChI is InChI=1S/C18H23N3O3S2/c22-18(20-12-14-4-2-8-19-11-14)15-5-1-7-17(10-15)26(23,24)21-13-16-6-3-9-25-16/h1,3,5-7,9-10,14,19,21H,2,4,8,11-13H2,(H,20,22). The molecule has 0 radical (unpaired) electrons. The third-order valence-corrected chi connectivity index (χ3v) is 6.65. The van der Waals surface area contributed by atoms with Gasteiger partial charge in [0, 0.05) is 23.5 Å². The molecule has 0 bridgehead atoms. The van der Waals surface area contributed by atoms with Crippen LogP contribution < -0.4 is 15.4 Å². The van der Waals surface area contributed by atoms with Gasteiger partial charge in [0.2, 0.25) is 10.0 Å². The summed E-state index contributed by atoms with van der Waals surface area (Å²) < 4.78 is 27.5. The highest BCUT2D eigenvalue weighted by atomic mass is 32.2. The number of piperidine rings is 1. The molecule has 6 nitrogen and oxygen atoms in total. The minimum Gasteiger partial charge on any atom is -0.352 e. The number of hydrogen-bond acceptors (Lipinski definition) is 5. The Morgan fingerprint density at radius 2 is 2.15 bits per heavy atom. The molecule has 8 heteroatoms. The van der Waals surface area contributed by atoms with Crippen LogP contribution in [-0.4, -0.2) is 34.0 Å². The molecule has 1 fully saturated rings. The molecule has 140 valence electrons. The molecule has 2 aromatic rings. The fraction of sp³-hybridized carbons (Fsp3) is 0.389. The summed E-state index contributed by atoms with van der Waals surface area (Å²) in [6.07, 6.45) is 2.21. The van der Waals surface area contributed by atoms with Gasteiger partial charge >= 0.3 is 0 Å². The molecule has 1 aromatic heterocycles. The molecule has 1 aliphatic rings. The zero-order valence-corrected chi connectivity index (χ0v) is 16.0. The number of rotatable bonds is 7. The van der Waals surface area contributed by atoms with Gasteiger partial charge in [0.25, 0.3) is 5.91 Å². The Balaban J connectivity index is 1.61. The fourth-order valence-electron chi connectivity index (χ4n) is 2.90. The minimum absolute atomic E-state index is 0.0982. The fourth-order valence-corrected chi connectivity index (χ4v) is 4.69. The van der Waals surface area contributed by atoms with Crippen molar-refractivity contribution < 1.29 is 13.2 Å². The Morgan fingerprint density at radius 3 is 2.88 bits per heavy atom. The summed E-state index contributed by atoms with van der Waals surface area (Å²) in [5, 5.41) is 8.12. The van der Waals surface area contributed by atoms with Crippen LogP contribution in [0.15, 0.2) is 46.7 Å². The van der Waals surface area contributed by atoms with E-state index in [9.17, 15) is 13.2 Å². The first-order valence-corrected chi connectivity index (χ1v) is 11.0. The molecule has 1 unspecified atom stereocenters. The number of sulfonamides is 1. The van der Waals surface area contributed by atoms with Crippen molar-refractivity contribution >= 4 is 27.3 Å². The van der Waals surface area contributed by atoms with Crippen molar-refractivity contribution in [3.8, 4) is 0 Å². The van der Waals surface area contributed by atoms with Crippen molar-refractivity contribution in [3.05, 3.63) is 52.2 Å². The first-order valence-electron chi connectivity index (χ1n) is 8.65. The molecule has 1 aromatic carbocycles. The van der Waals surface area contributed by atoms with E-state index < -0.39 is 10.0 Å². The van der Waals surface area contributed by atoms with Crippen LogP contribution in [0.3, 0.4) is 0 Å². The smallest absolute Gasteiger partial charge is 0.251 e. The Morgan fingerprint density at radius 1 is 1.27 bits per heavy atom. The number of benzene rings is 1. The Kier molecular flexibility index (Phi) is 6.42. The first-order chi connectivity index (χ1) is 12.5. The van der Waals surface area contributed by atoms with Gasteiger partial charge in [0.15, 0.2) is 0 Å². The van der Waals surface area contributed by atoms with E-state index in [-0.39, 0.29) is 17.3 Å². The van der Waals surface area contributed by atoms with E-state index in [0.717, 1.165) is 30.8 Å². The zero-order chi connectivity index (χ0) is 18.4. The van der Waals surface area contributed by atoms with Crippen LogP contribution in [0.5, 0.6) is 0 Å². The molecule has 26 heavy (non-hydrogen) atoms. The summed E-state index contributed by atoms with van der Waals surface area (Å²) in [4.78, 5) is 13.4. The van der Waals surface area contributed by atoms with Gasteiger partial charge in [-0.25, -0.2) is 13.1 Å². The van der Waals surface area contributed by atoms with E-state index in [4.69, 9.17) is 0 Å². The molecule has 1 saturated heterocycles. The Bertz CT molecular complexity index is 829. The number of nitrogens with one attached hydrogen (secondary N) is 3. The monoisotopic (exact) mass is 393 g/mol. The van der Waals surface area contributed by atoms with Crippen LogP contribution in [0, 0.1) is 5.92 Å². The SMILES string of the molecule is O=C(NCC1CCCNC1)c1cccc(S(=O)(=O)NCc2cccs2)c1. The maximum absolute atomic E-state index is 12.5. The molecular formula is C18H23N3O3S2. The zero-order valence-electron chi connectivity index (χ0n) is 14.4. The van der Waals surface area contributed by atoms with Gasteiger partial charge < -0.3 is 10.6 Å². The highest BCUT2D eigenvalue weighted by molar-refractivity contribution is 7.89. The van der Waals surface area contributed by atoms with Gasteiger partial charge in [-0.3, -0.25) is 4.79 Å². The van der Waals surface area contributed by atoms with Crippen LogP contribution >= 0.6 is 11.3 Å². The minimum atomic E-state index is -3.66. The van der Waals surface area contributed by atoms with Gasteiger partial charge in [-0.2, -0.15) is 0 Å². The number of amides is 1. The van der Waals surface area contributed by atoms with E-state index in [0.29, 0.717) is 18.0 Å². The molecule has 3 rings (SSSR count). The molecule has 1 aliphatic heterocycles. The van der Waals surface area contributed by atoms with Crippen LogP contribution in [0.2, 0.25) is 0 Å². The number of thiophene rings is 1. The summed E-state index contributed by atoms with van der Waals surface area (Å²) in [5.41, 5.74) is 0.354. The van der Waals surface area contributed by atoms with E-state index >= 15 is 0 Å². The summed E-state index contributed by atoms with van der Waals surface area (Å²) in [6, 6.07) is 9.89. The normalized spacial score (nSPS) is 17.8. The van der Waals surface area contributed by atoms with E-state index in [1.807, 2.05) is 17.5 Å². The average molecular weight is 394 g/mol. The average Bonchev–Trinajstić information content (AvgIpc) is 3.19. The maximum Gasteiger partial charge on any atom is 0.251 e. The van der Waals surface area contributed by atoms with Crippen molar-refractivity contribution in [2.75, 3.05) is 19.6 Å². The van der Waals surface area contributed by atoms with Crippen molar-refractivity contribution in [1.82, 2.24) is 15.4 Å². The quantitative estimate of drug-likeness (QED) is 0.671. The molecule has 3 N–H and O–H groups in total. The second-order valence-electron chi connectivity index (χ2n) is 6.35. The summed E-state index contributed by atoms with van der Waals surface area (Å²) >= 11 is 1.49. The van der Waals surface area contributed by atoms with Crippen LogP contribution in [-0.2, 0) is 16.6 Å². The topological polar surface area (TPSA) is 87.3 Å². The number of carbonyl (C=O) groups is 1. The highest BCUT2D eigenvalue weighted by Crippen LogP contribution is 2.14. The lowest BCUT2D eigenvalue weighted by molar-refractivity contribution is 0.0944. The predicted octanol–water partition coefficient (Wildman–Crippen LogP) is 1.96. The third kappa shape index (κ3) is 5.14. The van der Waals surface area contributed by atoms with Crippen molar-refractivity contribution in [3.63, 3.8) is 0 Å². The van der Waals surface area contributed by atoms with Gasteiger partial charge in [-0.15, -0.1) is 11.3 Å². The molecule has 1 atom stereocenters. The Hall–Kier alpha value is -1.74. The molecule has 0 aliphatic carbocycles. The van der Waals surface area contributed by atoms with E-state index in [1.54, 1.807) is 12.1 Å². The van der Waals surface area contributed by atoms with Crippen LogP contribution in [0.1, 0.15) is 28.1 Å². The second-order valence-corrected chi connectivity index (χ2v) is 9.15. The Labute approximate surface area is 158 Å². The van der Waals surface area contributed by atoms with Crippen molar-refractivity contribution in [1.29, 1.82) is 0 Å². The summed E-state index contributed by atoms with van der Waals surface area (Å²) in [7, 11) is -3.66. The number of carbonyl (C=O) groups excluding carboxylic acids is 1. The lowest BCUT2D eigenvalue weighted by Gasteiger charge is -2.22. The highest BCUT2D eigenvalue weighted by Gasteiger charge is 2.18.